The van der Waals surface area contributed by atoms with Crippen molar-refractivity contribution in [2.24, 2.45) is 0 Å². The number of fused-ring (bicyclic) bond motifs is 3. The first kappa shape index (κ1) is 33.4. The zero-order valence-electron chi connectivity index (χ0n) is 26.5. The number of imidazole rings is 1. The van der Waals surface area contributed by atoms with E-state index in [1.807, 2.05) is 36.6 Å². The quantitative estimate of drug-likeness (QED) is 0.144. The van der Waals surface area contributed by atoms with Gasteiger partial charge in [0.05, 0.1) is 20.0 Å². The molecule has 17 heteroatoms. The highest BCUT2D eigenvalue weighted by molar-refractivity contribution is 7.98. The van der Waals surface area contributed by atoms with E-state index in [0.717, 1.165) is 5.39 Å². The molecule has 4 N–H and O–H groups in total. The Kier molecular flexibility index (Phi) is 9.13. The topological polar surface area (TPSA) is 191 Å². The molecule has 2 fully saturated rings. The summed E-state index contributed by atoms with van der Waals surface area (Å²) in [7, 11) is -3.05. The van der Waals surface area contributed by atoms with Crippen LogP contribution in [0.15, 0.2) is 53.6 Å². The molecule has 0 bridgehead atoms. The first-order valence-corrected chi connectivity index (χ1v) is 17.8. The average molecular weight is 689 g/mol. The van der Waals surface area contributed by atoms with Crippen molar-refractivity contribution in [2.45, 2.75) is 63.1 Å². The van der Waals surface area contributed by atoms with Gasteiger partial charge in [-0.05, 0) is 50.7 Å². The van der Waals surface area contributed by atoms with Gasteiger partial charge in [-0.15, -0.1) is 0 Å². The van der Waals surface area contributed by atoms with E-state index in [1.54, 1.807) is 37.5 Å². The van der Waals surface area contributed by atoms with Gasteiger partial charge in [0.2, 0.25) is 5.95 Å². The molecule has 0 aliphatic carbocycles. The molecule has 6 atom stereocenters. The van der Waals surface area contributed by atoms with Crippen LogP contribution in [0, 0.1) is 0 Å². The highest BCUT2D eigenvalue weighted by Gasteiger charge is 2.64. The molecule has 4 aromatic rings. The number of anilines is 1. The normalized spacial score (nSPS) is 25.4. The van der Waals surface area contributed by atoms with E-state index in [4.69, 9.17) is 33.7 Å². The van der Waals surface area contributed by atoms with Gasteiger partial charge in [-0.3, -0.25) is 23.7 Å². The molecule has 2 aromatic heterocycles. The second-order valence-electron chi connectivity index (χ2n) is 11.9. The van der Waals surface area contributed by atoms with Crippen molar-refractivity contribution in [1.82, 2.24) is 24.6 Å². The number of benzene rings is 2. The summed E-state index contributed by atoms with van der Waals surface area (Å²) < 4.78 is 52.6. The molecule has 0 saturated carbocycles. The van der Waals surface area contributed by atoms with Gasteiger partial charge in [-0.2, -0.15) is 21.8 Å². The number of aromatic amines is 1. The zero-order valence-corrected chi connectivity index (χ0v) is 28.2. The lowest BCUT2D eigenvalue weighted by molar-refractivity contribution is -0.216. The van der Waals surface area contributed by atoms with Crippen LogP contribution in [-0.4, -0.2) is 80.9 Å². The second-order valence-corrected chi connectivity index (χ2v) is 14.6. The smallest absolute Gasteiger partial charge is 0.459 e. The van der Waals surface area contributed by atoms with Crippen LogP contribution in [0.25, 0.3) is 21.9 Å². The molecular formula is C30H37N6O9PS. The van der Waals surface area contributed by atoms with E-state index >= 15 is 0 Å². The van der Waals surface area contributed by atoms with Gasteiger partial charge < -0.3 is 29.2 Å². The molecule has 252 valence electrons. The van der Waals surface area contributed by atoms with E-state index in [-0.39, 0.29) is 23.7 Å². The summed E-state index contributed by atoms with van der Waals surface area (Å²) in [5.41, 5.74) is 4.46. The van der Waals surface area contributed by atoms with Crippen molar-refractivity contribution in [1.29, 1.82) is 0 Å². The van der Waals surface area contributed by atoms with Gasteiger partial charge in [-0.25, -0.2) is 9.55 Å². The molecule has 15 nitrogen and oxygen atoms in total. The molecule has 0 amide bonds. The fourth-order valence-corrected chi connectivity index (χ4v) is 8.12. The van der Waals surface area contributed by atoms with Crippen LogP contribution in [0.1, 0.15) is 33.4 Å². The van der Waals surface area contributed by atoms with Gasteiger partial charge in [-0.1, -0.05) is 36.4 Å². The van der Waals surface area contributed by atoms with E-state index in [0.29, 0.717) is 23.3 Å². The lowest BCUT2D eigenvalue weighted by atomic mass is 9.96. The van der Waals surface area contributed by atoms with Crippen molar-refractivity contribution in [3.8, 4) is 5.75 Å². The molecule has 0 radical (unpaired) electrons. The Labute approximate surface area is 274 Å². The van der Waals surface area contributed by atoms with E-state index in [2.05, 4.69) is 20.0 Å². The minimum Gasteiger partial charge on any atom is -0.468 e. The number of nitrogens with two attached hydrogens (primary N) is 1. The molecule has 2 saturated heterocycles. The number of hydrogen-bond acceptors (Lipinski definition) is 13. The van der Waals surface area contributed by atoms with Crippen molar-refractivity contribution < 1.29 is 37.4 Å². The first-order valence-electron chi connectivity index (χ1n) is 14.9. The summed E-state index contributed by atoms with van der Waals surface area (Å²) in [6, 6.07) is 11.8. The van der Waals surface area contributed by atoms with E-state index in [1.165, 1.54) is 25.2 Å². The number of aromatic nitrogens is 4. The maximum absolute atomic E-state index is 14.7. The fraction of sp³-hybridized carbons (Fsp3) is 0.467. The number of nitrogens with zero attached hydrogens (tertiary/aromatic N) is 3. The van der Waals surface area contributed by atoms with Crippen LogP contribution in [0.2, 0.25) is 0 Å². The maximum Gasteiger partial charge on any atom is 0.459 e. The Bertz CT molecular complexity index is 1900. The standard InChI is InChI=1S/C30H37N6O9PS/c1-29(2)43-23-21(42-27(30(23,3)45-29)36-16-32-22-24(36)33-28(31)34-25(22)37)15-41-46(39,35-19(13-14-47-5)26(38)40-4)44-20-12-8-10-17-9-6-7-11-18(17)20/h6-12,16,19,21,23,27H,13-15H2,1-5H3,(H,35,39)(H3,31,33,34,37)/t19-,21+,23+,27+,30+,46?/m0/s1. The number of H-pyrrole nitrogens is 1. The highest BCUT2D eigenvalue weighted by Crippen LogP contribution is 2.53. The van der Waals surface area contributed by atoms with E-state index in [9.17, 15) is 14.2 Å². The number of hydrogen-bond donors (Lipinski definition) is 3. The zero-order chi connectivity index (χ0) is 33.6. The Hall–Kier alpha value is -3.50. The van der Waals surface area contributed by atoms with Crippen LogP contribution in [0.4, 0.5) is 5.95 Å². The molecular weight excluding hydrogens is 651 g/mol. The fourth-order valence-electron chi connectivity index (χ4n) is 6.10. The SMILES string of the molecule is COC(=O)[C@H](CCSC)NP(=O)(OC[C@H]1O[C@@H](n2cnc3c(=O)[nH]c(N)nc32)[C@]2(C)OC(C)(C)O[C@H]12)Oc1cccc2ccccc12. The number of carbonyl (C=O) groups is 1. The number of rotatable bonds is 12. The summed E-state index contributed by atoms with van der Waals surface area (Å²) in [5, 5.41) is 4.40. The predicted molar refractivity (Wildman–Crippen MR) is 175 cm³/mol. The van der Waals surface area contributed by atoms with Crippen molar-refractivity contribution in [2.75, 3.05) is 31.5 Å². The lowest BCUT2D eigenvalue weighted by Gasteiger charge is -2.30. The summed E-state index contributed by atoms with van der Waals surface area (Å²) >= 11 is 1.52. The predicted octanol–water partition coefficient (Wildman–Crippen LogP) is 3.75. The van der Waals surface area contributed by atoms with Crippen LogP contribution >= 0.6 is 19.5 Å². The molecule has 2 aromatic carbocycles. The molecule has 2 aliphatic heterocycles. The largest absolute Gasteiger partial charge is 0.468 e. The third-order valence-electron chi connectivity index (χ3n) is 8.06. The molecule has 47 heavy (non-hydrogen) atoms. The van der Waals surface area contributed by atoms with Gasteiger partial charge in [0, 0.05) is 5.39 Å². The number of methoxy groups -OCH3 is 1. The molecule has 6 rings (SSSR count). The Morgan fingerprint density at radius 1 is 1.23 bits per heavy atom. The Morgan fingerprint density at radius 3 is 2.77 bits per heavy atom. The lowest BCUT2D eigenvalue weighted by Crippen LogP contribution is -2.42. The summed E-state index contributed by atoms with van der Waals surface area (Å²) in [4.78, 5) is 36.2. The Morgan fingerprint density at radius 2 is 2.00 bits per heavy atom. The number of nitrogen functional groups attached to an aromatic ring is 1. The number of ether oxygens (including phenoxy) is 4. The minimum absolute atomic E-state index is 0.0668. The number of thioether (sulfide) groups is 1. The molecule has 1 unspecified atom stereocenters. The van der Waals surface area contributed by atoms with Crippen LogP contribution in [-0.2, 0) is 32.8 Å². The van der Waals surface area contributed by atoms with Gasteiger partial charge in [0.1, 0.15) is 29.6 Å². The third-order valence-corrected chi connectivity index (χ3v) is 10.3. The van der Waals surface area contributed by atoms with Crippen molar-refractivity contribution in [3.05, 3.63) is 59.1 Å². The number of nitrogens with one attached hydrogen (secondary N) is 2. The minimum atomic E-state index is -4.31. The van der Waals surface area contributed by atoms with E-state index < -0.39 is 55.1 Å². The van der Waals surface area contributed by atoms with Crippen LogP contribution < -0.4 is 20.9 Å². The maximum atomic E-state index is 14.7. The van der Waals surface area contributed by atoms with Crippen LogP contribution in [0.5, 0.6) is 5.75 Å². The van der Waals surface area contributed by atoms with Gasteiger partial charge >= 0.3 is 13.7 Å². The summed E-state index contributed by atoms with van der Waals surface area (Å²) in [6.07, 6.45) is 1.11. The number of carbonyl (C=O) groups excluding carboxylic acids is 1. The van der Waals surface area contributed by atoms with Gasteiger partial charge in [0.25, 0.3) is 5.56 Å². The second kappa shape index (κ2) is 12.8. The summed E-state index contributed by atoms with van der Waals surface area (Å²) in [6.45, 7) is 5.03. The third kappa shape index (κ3) is 6.51. The van der Waals surface area contributed by atoms with Crippen LogP contribution in [0.3, 0.4) is 0 Å². The summed E-state index contributed by atoms with van der Waals surface area (Å²) in [5.74, 6) is -0.864. The Balaban J connectivity index is 1.34. The molecule has 2 aliphatic rings. The van der Waals surface area contributed by atoms with Crippen molar-refractivity contribution in [3.63, 3.8) is 0 Å². The molecule has 4 heterocycles. The van der Waals surface area contributed by atoms with Crippen molar-refractivity contribution >= 4 is 53.4 Å². The molecule has 0 spiro atoms. The first-order chi connectivity index (χ1) is 22.4. The average Bonchev–Trinajstić information content (AvgIpc) is 3.64. The number of esters is 1. The van der Waals surface area contributed by atoms with Gasteiger partial charge in [0.15, 0.2) is 23.2 Å². The monoisotopic (exact) mass is 688 g/mol. The highest BCUT2D eigenvalue weighted by atomic mass is 32.2.